The number of nitrogens with zero attached hydrogens (tertiary/aromatic N) is 4. The number of carbonyl (C=O) groups is 1. The molecule has 2 atom stereocenters. The number of benzene rings is 1. The van der Waals surface area contributed by atoms with Crippen LogP contribution in [0.15, 0.2) is 12.1 Å². The number of thiazole rings is 1. The minimum absolute atomic E-state index is 0.0377. The predicted octanol–water partition coefficient (Wildman–Crippen LogP) is 1.34. The van der Waals surface area contributed by atoms with Crippen LogP contribution in [0.4, 0.5) is 9.93 Å². The Kier molecular flexibility index (Phi) is 2.96. The monoisotopic (exact) mass is 341 g/mol. The Labute approximate surface area is 142 Å². The Morgan fingerprint density at radius 2 is 2.38 bits per heavy atom. The molecule has 5 rings (SSSR count). The van der Waals surface area contributed by atoms with E-state index in [-0.39, 0.29) is 18.1 Å². The number of rotatable bonds is 2. The van der Waals surface area contributed by atoms with E-state index in [4.69, 9.17) is 15.0 Å². The molecule has 2 saturated heterocycles. The number of hydrogen-bond acceptors (Lipinski definition) is 6. The molecule has 7 nitrogen and oxygen atoms in total. The number of fused-ring (bicyclic) bond motifs is 4. The summed E-state index contributed by atoms with van der Waals surface area (Å²) in [6.45, 7) is 2.50. The van der Waals surface area contributed by atoms with E-state index in [1.54, 1.807) is 16.2 Å². The highest BCUT2D eigenvalue weighted by Crippen LogP contribution is 2.39. The molecule has 0 radical (unpaired) electrons. The standard InChI is InChI=1S/C16H15N5O2S/c17-4-5-20-7-10-11(8-20)21(15(22)18-10)16-19-14-9-3-6-23-12(9)1-2-13(14)24-16/h1-2,10-11H,3,5-8H2,(H,18,22)/t10-,11+/m1/s1. The zero-order valence-electron chi connectivity index (χ0n) is 12.9. The second-order valence-corrected chi connectivity index (χ2v) is 7.34. The quantitative estimate of drug-likeness (QED) is 0.834. The number of urea groups is 1. The fourth-order valence-electron chi connectivity index (χ4n) is 3.87. The molecule has 0 saturated carbocycles. The first-order chi connectivity index (χ1) is 11.7. The number of aromatic nitrogens is 1. The molecular formula is C16H15N5O2S. The number of nitriles is 1. The van der Waals surface area contributed by atoms with E-state index >= 15 is 0 Å². The maximum absolute atomic E-state index is 12.4. The number of likely N-dealkylation sites (tertiary alicyclic amines) is 1. The number of amides is 2. The molecule has 8 heteroatoms. The van der Waals surface area contributed by atoms with Gasteiger partial charge in [0, 0.05) is 25.1 Å². The van der Waals surface area contributed by atoms with Crippen molar-refractivity contribution in [3.05, 3.63) is 17.7 Å². The summed E-state index contributed by atoms with van der Waals surface area (Å²) < 4.78 is 6.69. The molecule has 1 aromatic heterocycles. The highest BCUT2D eigenvalue weighted by Gasteiger charge is 2.47. The van der Waals surface area contributed by atoms with Gasteiger partial charge in [-0.1, -0.05) is 11.3 Å². The Balaban J connectivity index is 1.53. The third-order valence-electron chi connectivity index (χ3n) is 4.95. The van der Waals surface area contributed by atoms with Gasteiger partial charge in [-0.2, -0.15) is 5.26 Å². The molecule has 3 aliphatic heterocycles. The zero-order valence-corrected chi connectivity index (χ0v) is 13.7. The van der Waals surface area contributed by atoms with Crippen LogP contribution in [0.5, 0.6) is 5.75 Å². The van der Waals surface area contributed by atoms with Gasteiger partial charge in [0.15, 0.2) is 5.13 Å². The maximum Gasteiger partial charge on any atom is 0.324 e. The zero-order chi connectivity index (χ0) is 16.3. The lowest BCUT2D eigenvalue weighted by Crippen LogP contribution is -2.38. The van der Waals surface area contributed by atoms with Crippen molar-refractivity contribution in [3.63, 3.8) is 0 Å². The SMILES string of the molecule is N#CCN1C[C@H]2NC(=O)N(c3nc4c5c(ccc4s3)OCC5)[C@H]2C1. The first kappa shape index (κ1) is 14.0. The second-order valence-electron chi connectivity index (χ2n) is 6.33. The molecule has 0 bridgehead atoms. The summed E-state index contributed by atoms with van der Waals surface area (Å²) in [7, 11) is 0. The number of anilines is 1. The lowest BCUT2D eigenvalue weighted by atomic mass is 10.1. The summed E-state index contributed by atoms with van der Waals surface area (Å²) in [4.78, 5) is 21.0. The third kappa shape index (κ3) is 1.92. The van der Waals surface area contributed by atoms with Gasteiger partial charge in [-0.25, -0.2) is 9.78 Å². The summed E-state index contributed by atoms with van der Waals surface area (Å²) >= 11 is 1.54. The van der Waals surface area contributed by atoms with E-state index in [1.165, 1.54) is 0 Å². The van der Waals surface area contributed by atoms with Crippen LogP contribution in [0.2, 0.25) is 0 Å². The minimum Gasteiger partial charge on any atom is -0.493 e. The molecule has 1 N–H and O–H groups in total. The average Bonchev–Trinajstić information content (AvgIpc) is 3.27. The van der Waals surface area contributed by atoms with Crippen molar-refractivity contribution in [2.45, 2.75) is 18.5 Å². The van der Waals surface area contributed by atoms with Gasteiger partial charge in [0.25, 0.3) is 0 Å². The van der Waals surface area contributed by atoms with Gasteiger partial charge in [-0.3, -0.25) is 9.80 Å². The van der Waals surface area contributed by atoms with Gasteiger partial charge in [-0.15, -0.1) is 0 Å². The van der Waals surface area contributed by atoms with E-state index in [0.717, 1.165) is 33.1 Å². The van der Waals surface area contributed by atoms with Crippen LogP contribution < -0.4 is 15.0 Å². The van der Waals surface area contributed by atoms with Crippen molar-refractivity contribution in [2.75, 3.05) is 31.1 Å². The van der Waals surface area contributed by atoms with Crippen molar-refractivity contribution in [3.8, 4) is 11.8 Å². The number of ether oxygens (including phenoxy) is 1. The van der Waals surface area contributed by atoms with E-state index < -0.39 is 0 Å². The molecule has 2 aromatic rings. The van der Waals surface area contributed by atoms with Gasteiger partial charge >= 0.3 is 6.03 Å². The van der Waals surface area contributed by atoms with Crippen LogP contribution in [0.1, 0.15) is 5.56 Å². The van der Waals surface area contributed by atoms with Crippen molar-refractivity contribution < 1.29 is 9.53 Å². The highest BCUT2D eigenvalue weighted by atomic mass is 32.1. The van der Waals surface area contributed by atoms with E-state index in [2.05, 4.69) is 16.3 Å². The fraction of sp³-hybridized carbons (Fsp3) is 0.438. The Bertz CT molecular complexity index is 888. The number of hydrogen-bond donors (Lipinski definition) is 1. The van der Waals surface area contributed by atoms with Crippen LogP contribution in [0, 0.1) is 11.3 Å². The topological polar surface area (TPSA) is 81.5 Å². The Morgan fingerprint density at radius 1 is 1.46 bits per heavy atom. The predicted molar refractivity (Wildman–Crippen MR) is 89.5 cm³/mol. The van der Waals surface area contributed by atoms with Crippen LogP contribution in [-0.4, -0.2) is 54.2 Å². The molecular weight excluding hydrogens is 326 g/mol. The van der Waals surface area contributed by atoms with Crippen LogP contribution >= 0.6 is 11.3 Å². The maximum atomic E-state index is 12.4. The Morgan fingerprint density at radius 3 is 3.25 bits per heavy atom. The van der Waals surface area contributed by atoms with Gasteiger partial charge < -0.3 is 10.1 Å². The second kappa shape index (κ2) is 5.06. The molecule has 0 aliphatic carbocycles. The van der Waals surface area contributed by atoms with E-state index in [0.29, 0.717) is 26.2 Å². The van der Waals surface area contributed by atoms with Crippen molar-refractivity contribution in [1.29, 1.82) is 5.26 Å². The van der Waals surface area contributed by atoms with E-state index in [1.807, 2.05) is 12.1 Å². The van der Waals surface area contributed by atoms with Crippen LogP contribution in [0.3, 0.4) is 0 Å². The number of nitrogens with one attached hydrogen (secondary N) is 1. The fourth-order valence-corrected chi connectivity index (χ4v) is 4.92. The molecule has 0 spiro atoms. The lowest BCUT2D eigenvalue weighted by molar-refractivity contribution is 0.247. The van der Waals surface area contributed by atoms with Gasteiger partial charge in [-0.05, 0) is 12.1 Å². The number of carbonyl (C=O) groups excluding carboxylic acids is 1. The summed E-state index contributed by atoms with van der Waals surface area (Å²) in [5.41, 5.74) is 2.09. The largest absolute Gasteiger partial charge is 0.493 e. The lowest BCUT2D eigenvalue weighted by Gasteiger charge is -2.20. The van der Waals surface area contributed by atoms with Crippen molar-refractivity contribution >= 4 is 32.7 Å². The molecule has 4 heterocycles. The van der Waals surface area contributed by atoms with Crippen molar-refractivity contribution in [2.24, 2.45) is 0 Å². The molecule has 2 amide bonds. The van der Waals surface area contributed by atoms with Crippen molar-refractivity contribution in [1.82, 2.24) is 15.2 Å². The smallest absolute Gasteiger partial charge is 0.324 e. The molecule has 0 unspecified atom stereocenters. The van der Waals surface area contributed by atoms with Crippen LogP contribution in [-0.2, 0) is 6.42 Å². The van der Waals surface area contributed by atoms with Crippen LogP contribution in [0.25, 0.3) is 10.2 Å². The summed E-state index contributed by atoms with van der Waals surface area (Å²) in [6.07, 6.45) is 0.865. The molecule has 3 aliphatic rings. The molecule has 122 valence electrons. The third-order valence-corrected chi connectivity index (χ3v) is 5.97. The van der Waals surface area contributed by atoms with Gasteiger partial charge in [0.2, 0.25) is 0 Å². The summed E-state index contributed by atoms with van der Waals surface area (Å²) in [6, 6.07) is 6.20. The average molecular weight is 341 g/mol. The normalized spacial score (nSPS) is 25.5. The first-order valence-electron chi connectivity index (χ1n) is 7.99. The van der Waals surface area contributed by atoms with Gasteiger partial charge in [0.1, 0.15) is 5.75 Å². The first-order valence-corrected chi connectivity index (χ1v) is 8.80. The summed E-state index contributed by atoms with van der Waals surface area (Å²) in [5.74, 6) is 0.907. The Hall–Kier alpha value is -2.37. The minimum atomic E-state index is -0.0893. The van der Waals surface area contributed by atoms with E-state index in [9.17, 15) is 4.79 Å². The molecule has 1 aromatic carbocycles. The molecule has 24 heavy (non-hydrogen) atoms. The molecule has 2 fully saturated rings. The summed E-state index contributed by atoms with van der Waals surface area (Å²) in [5, 5.41) is 12.7. The highest BCUT2D eigenvalue weighted by molar-refractivity contribution is 7.22. The van der Waals surface area contributed by atoms with Gasteiger partial charge in [0.05, 0.1) is 41.5 Å².